The van der Waals surface area contributed by atoms with Gasteiger partial charge in [0.15, 0.2) is 0 Å². The zero-order valence-corrected chi connectivity index (χ0v) is 13.6. The van der Waals surface area contributed by atoms with Crippen molar-refractivity contribution < 1.29 is 4.74 Å². The van der Waals surface area contributed by atoms with Crippen molar-refractivity contribution >= 4 is 22.4 Å². The van der Waals surface area contributed by atoms with Gasteiger partial charge in [-0.3, -0.25) is 4.79 Å². The number of hydrogen-bond acceptors (Lipinski definition) is 3. The molecule has 3 aromatic rings. The number of aromatic nitrogens is 2. The first-order chi connectivity index (χ1) is 11.2. The Hall–Kier alpha value is -2.33. The van der Waals surface area contributed by atoms with Crippen LogP contribution in [0, 0.1) is 0 Å². The van der Waals surface area contributed by atoms with E-state index in [9.17, 15) is 4.79 Å². The lowest BCUT2D eigenvalue weighted by Gasteiger charge is -2.11. The van der Waals surface area contributed by atoms with Crippen molar-refractivity contribution in [1.29, 1.82) is 0 Å². The fraction of sp³-hybridized carbons (Fsp3) is 0.222. The molecule has 118 valence electrons. The van der Waals surface area contributed by atoms with Crippen LogP contribution in [-0.2, 0) is 6.54 Å². The highest BCUT2D eigenvalue weighted by atomic mass is 35.5. The molecule has 0 aliphatic heterocycles. The lowest BCUT2D eigenvalue weighted by Crippen LogP contribution is -2.24. The molecule has 0 saturated heterocycles. The van der Waals surface area contributed by atoms with Gasteiger partial charge < -0.3 is 4.74 Å². The first kappa shape index (κ1) is 15.6. The number of fused-ring (bicyclic) bond motifs is 1. The van der Waals surface area contributed by atoms with E-state index in [1.165, 1.54) is 4.68 Å². The molecule has 5 heteroatoms. The van der Waals surface area contributed by atoms with Gasteiger partial charge in [0, 0.05) is 23.4 Å². The second kappa shape index (κ2) is 6.84. The predicted molar refractivity (Wildman–Crippen MR) is 93.3 cm³/mol. The quantitative estimate of drug-likeness (QED) is 0.671. The predicted octanol–water partition coefficient (Wildman–Crippen LogP) is 3.70. The highest BCUT2D eigenvalue weighted by Gasteiger charge is 2.11. The number of halogens is 1. The molecule has 3 rings (SSSR count). The Labute approximate surface area is 139 Å². The van der Waals surface area contributed by atoms with Crippen molar-refractivity contribution in [2.24, 2.45) is 0 Å². The molecule has 1 heterocycles. The Morgan fingerprint density at radius 1 is 1.09 bits per heavy atom. The smallest absolute Gasteiger partial charge is 0.274 e. The lowest BCUT2D eigenvalue weighted by molar-refractivity contribution is 0.415. The van der Waals surface area contributed by atoms with Gasteiger partial charge in [-0.1, -0.05) is 18.2 Å². The molecule has 0 radical (unpaired) electrons. The van der Waals surface area contributed by atoms with Gasteiger partial charge in [0.2, 0.25) is 0 Å². The Kier molecular flexibility index (Phi) is 4.63. The molecule has 0 aliphatic rings. The van der Waals surface area contributed by atoms with Crippen molar-refractivity contribution in [3.63, 3.8) is 0 Å². The first-order valence-electron chi connectivity index (χ1n) is 7.45. The Morgan fingerprint density at radius 2 is 1.78 bits per heavy atom. The van der Waals surface area contributed by atoms with E-state index in [2.05, 4.69) is 5.10 Å². The number of methoxy groups -OCH3 is 1. The molecule has 0 N–H and O–H groups in total. The van der Waals surface area contributed by atoms with Crippen LogP contribution in [0.25, 0.3) is 22.0 Å². The Bertz CT molecular complexity index is 872. The summed E-state index contributed by atoms with van der Waals surface area (Å²) in [6.07, 6.45) is 0.703. The summed E-state index contributed by atoms with van der Waals surface area (Å²) in [4.78, 5) is 12.6. The van der Waals surface area contributed by atoms with Gasteiger partial charge in [-0.05, 0) is 36.8 Å². The van der Waals surface area contributed by atoms with Crippen molar-refractivity contribution in [3.05, 3.63) is 58.9 Å². The van der Waals surface area contributed by atoms with Gasteiger partial charge in [0.1, 0.15) is 5.75 Å². The summed E-state index contributed by atoms with van der Waals surface area (Å²) in [5.41, 5.74) is 1.65. The highest BCUT2D eigenvalue weighted by Crippen LogP contribution is 2.26. The maximum atomic E-state index is 12.6. The van der Waals surface area contributed by atoms with E-state index in [4.69, 9.17) is 16.3 Å². The van der Waals surface area contributed by atoms with Gasteiger partial charge in [-0.2, -0.15) is 5.10 Å². The normalized spacial score (nSPS) is 10.9. The maximum Gasteiger partial charge on any atom is 0.274 e. The minimum Gasteiger partial charge on any atom is -0.497 e. The van der Waals surface area contributed by atoms with Crippen LogP contribution in [0.1, 0.15) is 6.42 Å². The summed E-state index contributed by atoms with van der Waals surface area (Å²) in [6.45, 7) is 0.510. The minimum atomic E-state index is -0.0806. The Morgan fingerprint density at radius 3 is 2.43 bits per heavy atom. The van der Waals surface area contributed by atoms with Gasteiger partial charge >= 0.3 is 0 Å². The second-order valence-corrected chi connectivity index (χ2v) is 5.57. The van der Waals surface area contributed by atoms with Gasteiger partial charge in [0.05, 0.1) is 18.2 Å². The van der Waals surface area contributed by atoms with Crippen LogP contribution < -0.4 is 10.3 Å². The molecule has 0 fully saturated rings. The average molecular weight is 329 g/mol. The van der Waals surface area contributed by atoms with E-state index < -0.39 is 0 Å². The monoisotopic (exact) mass is 328 g/mol. The molecule has 1 aromatic heterocycles. The number of ether oxygens (including phenoxy) is 1. The Balaban J connectivity index is 2.21. The zero-order chi connectivity index (χ0) is 16.2. The highest BCUT2D eigenvalue weighted by molar-refractivity contribution is 6.17. The van der Waals surface area contributed by atoms with Crippen LogP contribution in [0.3, 0.4) is 0 Å². The van der Waals surface area contributed by atoms with Crippen molar-refractivity contribution in [2.45, 2.75) is 13.0 Å². The van der Waals surface area contributed by atoms with E-state index in [1.807, 2.05) is 48.5 Å². The van der Waals surface area contributed by atoms with E-state index in [0.717, 1.165) is 22.4 Å². The van der Waals surface area contributed by atoms with Gasteiger partial charge in [-0.15, -0.1) is 11.6 Å². The third-order valence-electron chi connectivity index (χ3n) is 3.73. The maximum absolute atomic E-state index is 12.6. The fourth-order valence-electron chi connectivity index (χ4n) is 2.56. The second-order valence-electron chi connectivity index (χ2n) is 5.19. The third-order valence-corrected chi connectivity index (χ3v) is 4.00. The molecule has 0 spiro atoms. The summed E-state index contributed by atoms with van der Waals surface area (Å²) < 4.78 is 6.70. The average Bonchev–Trinajstić information content (AvgIpc) is 2.61. The number of benzene rings is 2. The molecular formula is C18H17ClN2O2. The van der Waals surface area contributed by atoms with E-state index >= 15 is 0 Å². The van der Waals surface area contributed by atoms with E-state index in [0.29, 0.717) is 24.2 Å². The van der Waals surface area contributed by atoms with Crippen molar-refractivity contribution in [2.75, 3.05) is 13.0 Å². The fourth-order valence-corrected chi connectivity index (χ4v) is 2.68. The van der Waals surface area contributed by atoms with Crippen LogP contribution in [0.15, 0.2) is 53.3 Å². The number of alkyl halides is 1. The molecular weight excluding hydrogens is 312 g/mol. The van der Waals surface area contributed by atoms with Gasteiger partial charge in [0.25, 0.3) is 5.56 Å². The molecule has 4 nitrogen and oxygen atoms in total. The SMILES string of the molecule is COc1ccc(-c2nn(CCCCl)c(=O)c3ccccc23)cc1. The molecule has 0 aliphatic carbocycles. The number of nitrogens with zero attached hydrogens (tertiary/aromatic N) is 2. The largest absolute Gasteiger partial charge is 0.497 e. The molecule has 0 unspecified atom stereocenters. The molecule has 23 heavy (non-hydrogen) atoms. The molecule has 0 amide bonds. The minimum absolute atomic E-state index is 0.0806. The van der Waals surface area contributed by atoms with Gasteiger partial charge in [-0.25, -0.2) is 4.68 Å². The number of rotatable bonds is 5. The molecule has 0 saturated carbocycles. The molecule has 0 atom stereocenters. The van der Waals surface area contributed by atoms with E-state index in [1.54, 1.807) is 7.11 Å². The number of hydrogen-bond donors (Lipinski definition) is 0. The van der Waals surface area contributed by atoms with Crippen molar-refractivity contribution in [3.8, 4) is 17.0 Å². The van der Waals surface area contributed by atoms with Crippen LogP contribution in [0.5, 0.6) is 5.75 Å². The van der Waals surface area contributed by atoms with E-state index in [-0.39, 0.29) is 5.56 Å². The standard InChI is InChI=1S/C18H17ClN2O2/c1-23-14-9-7-13(8-10-14)17-15-5-2-3-6-16(15)18(22)21(20-17)12-4-11-19/h2-3,5-10H,4,11-12H2,1H3. The summed E-state index contributed by atoms with van der Waals surface area (Å²) >= 11 is 5.76. The zero-order valence-electron chi connectivity index (χ0n) is 12.8. The molecule has 0 bridgehead atoms. The summed E-state index contributed by atoms with van der Waals surface area (Å²) in [5.74, 6) is 1.28. The van der Waals surface area contributed by atoms with Crippen molar-refractivity contribution in [1.82, 2.24) is 9.78 Å². The third kappa shape index (κ3) is 3.08. The lowest BCUT2D eigenvalue weighted by atomic mass is 10.0. The van der Waals surface area contributed by atoms with Crippen LogP contribution in [0.2, 0.25) is 0 Å². The van der Waals surface area contributed by atoms with Crippen LogP contribution in [-0.4, -0.2) is 22.8 Å². The molecule has 2 aromatic carbocycles. The summed E-state index contributed by atoms with van der Waals surface area (Å²) in [7, 11) is 1.63. The van der Waals surface area contributed by atoms with Crippen LogP contribution in [0.4, 0.5) is 0 Å². The summed E-state index contributed by atoms with van der Waals surface area (Å²) in [5, 5.41) is 6.09. The number of aryl methyl sites for hydroxylation is 1. The first-order valence-corrected chi connectivity index (χ1v) is 7.98. The summed E-state index contributed by atoms with van der Waals surface area (Å²) in [6, 6.07) is 15.2. The van der Waals surface area contributed by atoms with Crippen LogP contribution >= 0.6 is 11.6 Å². The topological polar surface area (TPSA) is 44.1 Å².